The van der Waals surface area contributed by atoms with Gasteiger partial charge in [-0.2, -0.15) is 5.26 Å². The van der Waals surface area contributed by atoms with Gasteiger partial charge in [-0.25, -0.2) is 4.79 Å². The summed E-state index contributed by atoms with van der Waals surface area (Å²) < 4.78 is 4.58. The van der Waals surface area contributed by atoms with Crippen LogP contribution in [0.3, 0.4) is 0 Å². The number of anilines is 1. The first-order valence-electron chi connectivity index (χ1n) is 5.51. The molecular weight excluding hydrogens is 232 g/mol. The zero-order valence-corrected chi connectivity index (χ0v) is 10.3. The molecule has 0 saturated heterocycles. The number of amides is 1. The van der Waals surface area contributed by atoms with Crippen LogP contribution in [0.5, 0.6) is 0 Å². The largest absolute Gasteiger partial charge is 0.465 e. The second-order valence-corrected chi connectivity index (χ2v) is 3.65. The van der Waals surface area contributed by atoms with Crippen molar-refractivity contribution < 1.29 is 14.3 Å². The molecule has 0 aliphatic heterocycles. The second-order valence-electron chi connectivity index (χ2n) is 3.65. The number of benzene rings is 1. The predicted molar refractivity (Wildman–Crippen MR) is 65.8 cm³/mol. The molecule has 0 radical (unpaired) electrons. The standard InChI is InChI=1S/C13H14N2O3/c1-3-9(8-14)12(16)15-11-6-4-5-10(7-11)13(17)18-2/h4-7,9H,3H2,1-2H3,(H,15,16). The average molecular weight is 246 g/mol. The quantitative estimate of drug-likeness (QED) is 0.823. The molecule has 1 unspecified atom stereocenters. The lowest BCUT2D eigenvalue weighted by Gasteiger charge is -2.09. The highest BCUT2D eigenvalue weighted by Crippen LogP contribution is 2.13. The number of nitriles is 1. The fraction of sp³-hybridized carbons (Fsp3) is 0.308. The number of methoxy groups -OCH3 is 1. The molecule has 0 fully saturated rings. The van der Waals surface area contributed by atoms with Crippen LogP contribution < -0.4 is 5.32 Å². The van der Waals surface area contributed by atoms with Crippen LogP contribution in [0.2, 0.25) is 0 Å². The third kappa shape index (κ3) is 3.32. The topological polar surface area (TPSA) is 79.2 Å². The third-order valence-electron chi connectivity index (χ3n) is 2.43. The van der Waals surface area contributed by atoms with Gasteiger partial charge >= 0.3 is 5.97 Å². The van der Waals surface area contributed by atoms with Crippen molar-refractivity contribution in [2.24, 2.45) is 5.92 Å². The number of rotatable bonds is 4. The molecule has 0 bridgehead atoms. The summed E-state index contributed by atoms with van der Waals surface area (Å²) in [6, 6.07) is 8.29. The summed E-state index contributed by atoms with van der Waals surface area (Å²) in [6.07, 6.45) is 0.443. The molecule has 1 aromatic carbocycles. The fourth-order valence-electron chi connectivity index (χ4n) is 1.41. The molecule has 1 amide bonds. The van der Waals surface area contributed by atoms with Crippen molar-refractivity contribution in [1.29, 1.82) is 5.26 Å². The smallest absolute Gasteiger partial charge is 0.337 e. The number of esters is 1. The number of nitrogens with zero attached hydrogens (tertiary/aromatic N) is 1. The molecule has 0 saturated carbocycles. The van der Waals surface area contributed by atoms with E-state index in [4.69, 9.17) is 5.26 Å². The number of ether oxygens (including phenoxy) is 1. The fourth-order valence-corrected chi connectivity index (χ4v) is 1.41. The van der Waals surface area contributed by atoms with Crippen LogP contribution in [-0.2, 0) is 9.53 Å². The third-order valence-corrected chi connectivity index (χ3v) is 2.43. The van der Waals surface area contributed by atoms with E-state index in [1.165, 1.54) is 13.2 Å². The molecule has 1 N–H and O–H groups in total. The van der Waals surface area contributed by atoms with Crippen LogP contribution in [0, 0.1) is 17.2 Å². The first-order chi connectivity index (χ1) is 8.62. The van der Waals surface area contributed by atoms with Gasteiger partial charge in [0.2, 0.25) is 5.91 Å². The van der Waals surface area contributed by atoms with Gasteiger partial charge in [0, 0.05) is 5.69 Å². The lowest BCUT2D eigenvalue weighted by Crippen LogP contribution is -2.21. The highest BCUT2D eigenvalue weighted by atomic mass is 16.5. The van der Waals surface area contributed by atoms with Crippen molar-refractivity contribution in [2.75, 3.05) is 12.4 Å². The number of nitrogens with one attached hydrogen (secondary N) is 1. The van der Waals surface area contributed by atoms with Crippen LogP contribution in [-0.4, -0.2) is 19.0 Å². The Morgan fingerprint density at radius 1 is 1.50 bits per heavy atom. The monoisotopic (exact) mass is 246 g/mol. The minimum Gasteiger partial charge on any atom is -0.465 e. The molecule has 1 atom stereocenters. The van der Waals surface area contributed by atoms with Gasteiger partial charge in [-0.3, -0.25) is 4.79 Å². The lowest BCUT2D eigenvalue weighted by molar-refractivity contribution is -0.118. The first-order valence-corrected chi connectivity index (χ1v) is 5.51. The van der Waals surface area contributed by atoms with Gasteiger partial charge in [-0.05, 0) is 24.6 Å². The van der Waals surface area contributed by atoms with Gasteiger partial charge in [0.15, 0.2) is 0 Å². The number of carbonyl (C=O) groups excluding carboxylic acids is 2. The molecule has 18 heavy (non-hydrogen) atoms. The molecule has 0 aliphatic rings. The maximum Gasteiger partial charge on any atom is 0.337 e. The average Bonchev–Trinajstić information content (AvgIpc) is 2.39. The Labute approximate surface area is 105 Å². The van der Waals surface area contributed by atoms with Gasteiger partial charge in [0.25, 0.3) is 0 Å². The van der Waals surface area contributed by atoms with Crippen molar-refractivity contribution in [1.82, 2.24) is 0 Å². The van der Waals surface area contributed by atoms with Crippen LogP contribution in [0.15, 0.2) is 24.3 Å². The molecular formula is C13H14N2O3. The van der Waals surface area contributed by atoms with E-state index in [1.54, 1.807) is 25.1 Å². The van der Waals surface area contributed by atoms with Crippen molar-refractivity contribution in [2.45, 2.75) is 13.3 Å². The molecule has 1 rings (SSSR count). The molecule has 0 aliphatic carbocycles. The molecule has 0 aromatic heterocycles. The van der Waals surface area contributed by atoms with Crippen LogP contribution in [0.1, 0.15) is 23.7 Å². The van der Waals surface area contributed by atoms with Gasteiger partial charge in [0.1, 0.15) is 5.92 Å². The number of hydrogen-bond donors (Lipinski definition) is 1. The van der Waals surface area contributed by atoms with Crippen LogP contribution >= 0.6 is 0 Å². The SMILES string of the molecule is CCC(C#N)C(=O)Nc1cccc(C(=O)OC)c1. The highest BCUT2D eigenvalue weighted by Gasteiger charge is 2.16. The Kier molecular flexibility index (Phi) is 4.88. The van der Waals surface area contributed by atoms with E-state index in [9.17, 15) is 9.59 Å². The summed E-state index contributed by atoms with van der Waals surface area (Å²) in [5.41, 5.74) is 0.817. The summed E-state index contributed by atoms with van der Waals surface area (Å²) in [4.78, 5) is 23.0. The summed E-state index contributed by atoms with van der Waals surface area (Å²) in [6.45, 7) is 1.76. The van der Waals surface area contributed by atoms with E-state index < -0.39 is 11.9 Å². The molecule has 94 valence electrons. The normalized spacial score (nSPS) is 11.2. The van der Waals surface area contributed by atoms with Gasteiger partial charge in [-0.1, -0.05) is 13.0 Å². The Hall–Kier alpha value is -2.35. The Balaban J connectivity index is 2.83. The van der Waals surface area contributed by atoms with E-state index in [2.05, 4.69) is 10.1 Å². The minimum atomic E-state index is -0.688. The Bertz CT molecular complexity index is 491. The van der Waals surface area contributed by atoms with Gasteiger partial charge in [-0.15, -0.1) is 0 Å². The lowest BCUT2D eigenvalue weighted by atomic mass is 10.1. The maximum atomic E-state index is 11.7. The summed E-state index contributed by atoms with van der Waals surface area (Å²) in [5.74, 6) is -1.53. The van der Waals surface area contributed by atoms with Crippen molar-refractivity contribution in [3.05, 3.63) is 29.8 Å². The minimum absolute atomic E-state index is 0.348. The van der Waals surface area contributed by atoms with E-state index in [-0.39, 0.29) is 5.91 Å². The molecule has 1 aromatic rings. The highest BCUT2D eigenvalue weighted by molar-refractivity contribution is 5.96. The molecule has 5 nitrogen and oxygen atoms in total. The maximum absolute atomic E-state index is 11.7. The molecule has 0 spiro atoms. The van der Waals surface area contributed by atoms with Gasteiger partial charge in [0.05, 0.1) is 18.7 Å². The van der Waals surface area contributed by atoms with Crippen LogP contribution in [0.25, 0.3) is 0 Å². The van der Waals surface area contributed by atoms with Crippen LogP contribution in [0.4, 0.5) is 5.69 Å². The van der Waals surface area contributed by atoms with E-state index in [0.29, 0.717) is 17.7 Å². The molecule has 0 heterocycles. The van der Waals surface area contributed by atoms with E-state index >= 15 is 0 Å². The predicted octanol–water partition coefficient (Wildman–Crippen LogP) is 1.96. The summed E-state index contributed by atoms with van der Waals surface area (Å²) in [5, 5.41) is 11.4. The number of carbonyl (C=O) groups is 2. The van der Waals surface area contributed by atoms with Gasteiger partial charge < -0.3 is 10.1 Å². The second kappa shape index (κ2) is 6.40. The number of hydrogen-bond acceptors (Lipinski definition) is 4. The summed E-state index contributed by atoms with van der Waals surface area (Å²) >= 11 is 0. The Morgan fingerprint density at radius 2 is 2.22 bits per heavy atom. The zero-order valence-electron chi connectivity index (χ0n) is 10.3. The van der Waals surface area contributed by atoms with E-state index in [1.807, 2.05) is 6.07 Å². The van der Waals surface area contributed by atoms with Crippen molar-refractivity contribution in [3.8, 4) is 6.07 Å². The van der Waals surface area contributed by atoms with Crippen molar-refractivity contribution in [3.63, 3.8) is 0 Å². The Morgan fingerprint density at radius 3 is 2.78 bits per heavy atom. The molecule has 5 heteroatoms. The van der Waals surface area contributed by atoms with E-state index in [0.717, 1.165) is 0 Å². The zero-order chi connectivity index (χ0) is 13.5. The summed E-state index contributed by atoms with van der Waals surface area (Å²) in [7, 11) is 1.29. The first kappa shape index (κ1) is 13.7. The van der Waals surface area contributed by atoms with Crippen molar-refractivity contribution >= 4 is 17.6 Å².